The van der Waals surface area contributed by atoms with Crippen LogP contribution in [0.15, 0.2) is 47.5 Å². The van der Waals surface area contributed by atoms with E-state index in [4.69, 9.17) is 14.7 Å². The van der Waals surface area contributed by atoms with Crippen molar-refractivity contribution in [2.45, 2.75) is 33.1 Å². The monoisotopic (exact) mass is 380 g/mol. The summed E-state index contributed by atoms with van der Waals surface area (Å²) < 4.78 is 10.5. The second-order valence-electron chi connectivity index (χ2n) is 6.18. The highest BCUT2D eigenvalue weighted by atomic mass is 16.5. The maximum absolute atomic E-state index is 10.7. The van der Waals surface area contributed by atoms with Crippen molar-refractivity contribution in [2.24, 2.45) is 4.99 Å². The Bertz CT molecular complexity index is 851. The Hall–Kier alpha value is -3.13. The van der Waals surface area contributed by atoms with E-state index in [9.17, 15) is 4.79 Å². The predicted octanol–water partition coefficient (Wildman–Crippen LogP) is 4.61. The second kappa shape index (κ2) is 12.3. The molecule has 0 radical (unpaired) electrons. The number of ketones is 1. The number of nitrogens with zero attached hydrogens (tertiary/aromatic N) is 2. The van der Waals surface area contributed by atoms with Crippen LogP contribution in [-0.2, 0) is 11.2 Å². The molecule has 2 aromatic rings. The second-order valence-corrected chi connectivity index (χ2v) is 6.18. The molecule has 0 spiro atoms. The number of rotatable bonds is 7. The SMILES string of the molecule is CC(=O)Cc1cccc(C#N)c1.CCCC(=NC)c1ccc(OC)c(OC)c1. The molecular weight excluding hydrogens is 352 g/mol. The van der Waals surface area contributed by atoms with E-state index in [0.717, 1.165) is 41.2 Å². The first-order chi connectivity index (χ1) is 13.5. The fourth-order valence-electron chi connectivity index (χ4n) is 2.68. The minimum atomic E-state index is 0.116. The molecule has 148 valence electrons. The molecule has 0 unspecified atom stereocenters. The molecule has 5 heteroatoms. The number of hydrogen-bond donors (Lipinski definition) is 0. The maximum Gasteiger partial charge on any atom is 0.161 e. The zero-order valence-electron chi connectivity index (χ0n) is 17.3. The average molecular weight is 380 g/mol. The molecule has 0 atom stereocenters. The molecule has 0 aliphatic carbocycles. The third kappa shape index (κ3) is 7.24. The van der Waals surface area contributed by atoms with Gasteiger partial charge in [0.1, 0.15) is 5.78 Å². The molecule has 0 aliphatic heterocycles. The number of methoxy groups -OCH3 is 2. The topological polar surface area (TPSA) is 71.7 Å². The highest BCUT2D eigenvalue weighted by molar-refractivity contribution is 6.01. The van der Waals surface area contributed by atoms with Gasteiger partial charge in [0.2, 0.25) is 0 Å². The van der Waals surface area contributed by atoms with Crippen LogP contribution in [0.2, 0.25) is 0 Å². The lowest BCUT2D eigenvalue weighted by molar-refractivity contribution is -0.116. The summed E-state index contributed by atoms with van der Waals surface area (Å²) in [6.07, 6.45) is 2.47. The van der Waals surface area contributed by atoms with Crippen molar-refractivity contribution < 1.29 is 14.3 Å². The van der Waals surface area contributed by atoms with E-state index in [1.165, 1.54) is 0 Å². The van der Waals surface area contributed by atoms with Crippen LogP contribution in [0, 0.1) is 11.3 Å². The number of aliphatic imine (C=N–C) groups is 1. The smallest absolute Gasteiger partial charge is 0.161 e. The van der Waals surface area contributed by atoms with Crippen molar-refractivity contribution in [3.63, 3.8) is 0 Å². The standard InChI is InChI=1S/C13H19NO2.C10H9NO/c1-5-6-11(14-2)10-7-8-12(15-3)13(9-10)16-4;1-8(12)5-9-3-2-4-10(6-9)7-11/h7-9H,5-6H2,1-4H3;2-4,6H,5H2,1H3. The molecule has 2 rings (SSSR count). The van der Waals surface area contributed by atoms with Gasteiger partial charge in [-0.25, -0.2) is 0 Å². The quantitative estimate of drug-likeness (QED) is 0.658. The lowest BCUT2D eigenvalue weighted by Gasteiger charge is -2.10. The largest absolute Gasteiger partial charge is 0.493 e. The van der Waals surface area contributed by atoms with Gasteiger partial charge in [-0.3, -0.25) is 9.79 Å². The third-order valence-corrected chi connectivity index (χ3v) is 3.98. The average Bonchev–Trinajstić information content (AvgIpc) is 2.71. The van der Waals surface area contributed by atoms with E-state index >= 15 is 0 Å². The van der Waals surface area contributed by atoms with Gasteiger partial charge in [0.05, 0.1) is 25.9 Å². The molecule has 0 N–H and O–H groups in total. The Labute approximate surface area is 167 Å². The first kappa shape index (κ1) is 22.9. The van der Waals surface area contributed by atoms with E-state index < -0.39 is 0 Å². The Kier molecular flexibility index (Phi) is 10.1. The Balaban J connectivity index is 0.000000292. The van der Waals surface area contributed by atoms with Gasteiger partial charge in [-0.2, -0.15) is 5.26 Å². The minimum absolute atomic E-state index is 0.116. The maximum atomic E-state index is 10.7. The van der Waals surface area contributed by atoms with Crippen molar-refractivity contribution in [2.75, 3.05) is 21.3 Å². The summed E-state index contributed by atoms with van der Waals surface area (Å²) in [7, 11) is 5.10. The van der Waals surface area contributed by atoms with Crippen molar-refractivity contribution in [1.82, 2.24) is 0 Å². The molecule has 0 saturated heterocycles. The molecule has 0 fully saturated rings. The molecule has 0 amide bonds. The molecule has 2 aromatic carbocycles. The van der Waals surface area contributed by atoms with Gasteiger partial charge in [-0.15, -0.1) is 0 Å². The number of nitriles is 1. The molecule has 0 saturated carbocycles. The van der Waals surface area contributed by atoms with Gasteiger partial charge in [-0.1, -0.05) is 25.5 Å². The third-order valence-electron chi connectivity index (χ3n) is 3.98. The van der Waals surface area contributed by atoms with Gasteiger partial charge in [-0.05, 0) is 54.8 Å². The number of Topliss-reactive ketones (excluding diaryl/α,β-unsaturated/α-hetero) is 1. The van der Waals surface area contributed by atoms with Gasteiger partial charge < -0.3 is 9.47 Å². The van der Waals surface area contributed by atoms with Crippen molar-refractivity contribution in [1.29, 1.82) is 5.26 Å². The Morgan fingerprint density at radius 3 is 2.36 bits per heavy atom. The van der Waals surface area contributed by atoms with Gasteiger partial charge in [0.25, 0.3) is 0 Å². The highest BCUT2D eigenvalue weighted by Gasteiger charge is 2.08. The summed E-state index contributed by atoms with van der Waals surface area (Å²) >= 11 is 0. The van der Waals surface area contributed by atoms with Crippen LogP contribution < -0.4 is 9.47 Å². The van der Waals surface area contributed by atoms with Crippen LogP contribution in [0.3, 0.4) is 0 Å². The summed E-state index contributed by atoms with van der Waals surface area (Å²) in [6, 6.07) is 15.0. The molecule has 5 nitrogen and oxygen atoms in total. The van der Waals surface area contributed by atoms with E-state index in [-0.39, 0.29) is 5.78 Å². The molecule has 28 heavy (non-hydrogen) atoms. The van der Waals surface area contributed by atoms with Crippen LogP contribution >= 0.6 is 0 Å². The molecule has 0 bridgehead atoms. The van der Waals surface area contributed by atoms with Gasteiger partial charge >= 0.3 is 0 Å². The lowest BCUT2D eigenvalue weighted by atomic mass is 10.1. The van der Waals surface area contributed by atoms with Crippen molar-refractivity contribution >= 4 is 11.5 Å². The van der Waals surface area contributed by atoms with Crippen LogP contribution in [0.1, 0.15) is 43.4 Å². The molecule has 0 heterocycles. The van der Waals surface area contributed by atoms with Crippen molar-refractivity contribution in [3.05, 3.63) is 59.2 Å². The minimum Gasteiger partial charge on any atom is -0.493 e. The predicted molar refractivity (Wildman–Crippen MR) is 112 cm³/mol. The van der Waals surface area contributed by atoms with E-state index in [0.29, 0.717) is 12.0 Å². The highest BCUT2D eigenvalue weighted by Crippen LogP contribution is 2.28. The molecular formula is C23H28N2O3. The van der Waals surface area contributed by atoms with Crippen LogP contribution in [0.5, 0.6) is 11.5 Å². The zero-order chi connectivity index (χ0) is 20.9. The zero-order valence-corrected chi connectivity index (χ0v) is 17.3. The first-order valence-corrected chi connectivity index (χ1v) is 9.15. The van der Waals surface area contributed by atoms with Crippen LogP contribution in [-0.4, -0.2) is 32.8 Å². The number of carbonyl (C=O) groups is 1. The van der Waals surface area contributed by atoms with Gasteiger partial charge in [0, 0.05) is 19.2 Å². The Morgan fingerprint density at radius 2 is 1.82 bits per heavy atom. The van der Waals surface area contributed by atoms with E-state index in [1.807, 2.05) is 37.4 Å². The summed E-state index contributed by atoms with van der Waals surface area (Å²) in [5, 5.41) is 8.56. The number of benzene rings is 2. The summed E-state index contributed by atoms with van der Waals surface area (Å²) in [5.41, 5.74) is 3.71. The number of hydrogen-bond acceptors (Lipinski definition) is 5. The van der Waals surface area contributed by atoms with Crippen molar-refractivity contribution in [3.8, 4) is 17.6 Å². The van der Waals surface area contributed by atoms with E-state index in [1.54, 1.807) is 39.3 Å². The fraction of sp³-hybridized carbons (Fsp3) is 0.348. The lowest BCUT2D eigenvalue weighted by Crippen LogP contribution is -2.01. The number of carbonyl (C=O) groups excluding carboxylic acids is 1. The van der Waals surface area contributed by atoms with E-state index in [2.05, 4.69) is 11.9 Å². The van der Waals surface area contributed by atoms with Crippen LogP contribution in [0.4, 0.5) is 0 Å². The normalized spacial score (nSPS) is 10.4. The molecule has 0 aliphatic rings. The summed E-state index contributed by atoms with van der Waals surface area (Å²) in [4.78, 5) is 15.0. The van der Waals surface area contributed by atoms with Gasteiger partial charge in [0.15, 0.2) is 11.5 Å². The number of ether oxygens (including phenoxy) is 2. The van der Waals surface area contributed by atoms with Crippen LogP contribution in [0.25, 0.3) is 0 Å². The Morgan fingerprint density at radius 1 is 1.11 bits per heavy atom. The fourth-order valence-corrected chi connectivity index (χ4v) is 2.68. The summed E-state index contributed by atoms with van der Waals surface area (Å²) in [6.45, 7) is 3.69. The first-order valence-electron chi connectivity index (χ1n) is 9.15. The summed E-state index contributed by atoms with van der Waals surface area (Å²) in [5.74, 6) is 1.61. The molecule has 0 aromatic heterocycles.